The van der Waals surface area contributed by atoms with Crippen LogP contribution in [0, 0.1) is 13.8 Å². The first-order valence-electron chi connectivity index (χ1n) is 10.6. The second kappa shape index (κ2) is 9.57. The summed E-state index contributed by atoms with van der Waals surface area (Å²) in [7, 11) is -3.86. The maximum Gasteiger partial charge on any atom is 0.416 e. The molecule has 0 amide bonds. The van der Waals surface area contributed by atoms with Crippen LogP contribution in [-0.2, 0) is 16.2 Å². The number of benzene rings is 2. The normalized spacial score (nSPS) is 15.5. The van der Waals surface area contributed by atoms with Crippen LogP contribution in [0.4, 0.5) is 19.0 Å². The molecule has 0 N–H and O–H groups in total. The van der Waals surface area contributed by atoms with E-state index >= 15 is 0 Å². The minimum atomic E-state index is -4.48. The monoisotopic (exact) mass is 544 g/mol. The van der Waals surface area contributed by atoms with E-state index in [1.165, 1.54) is 34.6 Å². The van der Waals surface area contributed by atoms with Crippen molar-refractivity contribution in [3.63, 3.8) is 0 Å². The molecule has 186 valence electrons. The van der Waals surface area contributed by atoms with Crippen LogP contribution < -0.4 is 4.90 Å². The van der Waals surface area contributed by atoms with Crippen LogP contribution in [0.5, 0.6) is 0 Å². The number of rotatable bonds is 4. The molecule has 0 aliphatic carbocycles. The van der Waals surface area contributed by atoms with Gasteiger partial charge in [-0.1, -0.05) is 35.3 Å². The summed E-state index contributed by atoms with van der Waals surface area (Å²) in [5, 5.41) is 0.352. The van der Waals surface area contributed by atoms with E-state index in [4.69, 9.17) is 23.2 Å². The first kappa shape index (κ1) is 25.7. The van der Waals surface area contributed by atoms with E-state index in [2.05, 4.69) is 9.97 Å². The summed E-state index contributed by atoms with van der Waals surface area (Å²) in [6.45, 7) is 4.60. The van der Waals surface area contributed by atoms with Crippen LogP contribution in [0.2, 0.25) is 10.0 Å². The van der Waals surface area contributed by atoms with Gasteiger partial charge in [-0.2, -0.15) is 17.5 Å². The largest absolute Gasteiger partial charge is 0.416 e. The lowest BCUT2D eigenvalue weighted by Gasteiger charge is -2.35. The molecule has 4 rings (SSSR count). The van der Waals surface area contributed by atoms with Gasteiger partial charge in [0.15, 0.2) is 5.82 Å². The number of hydrogen-bond donors (Lipinski definition) is 0. The highest BCUT2D eigenvalue weighted by Crippen LogP contribution is 2.33. The zero-order valence-electron chi connectivity index (χ0n) is 18.8. The molecule has 1 aliphatic heterocycles. The molecule has 12 heteroatoms. The Morgan fingerprint density at radius 1 is 0.943 bits per heavy atom. The minimum Gasteiger partial charge on any atom is -0.354 e. The van der Waals surface area contributed by atoms with Gasteiger partial charge < -0.3 is 4.90 Å². The summed E-state index contributed by atoms with van der Waals surface area (Å²) in [6.07, 6.45) is -4.48. The van der Waals surface area contributed by atoms with E-state index in [0.29, 0.717) is 24.6 Å². The van der Waals surface area contributed by atoms with Crippen LogP contribution in [0.1, 0.15) is 16.8 Å². The predicted molar refractivity (Wildman–Crippen MR) is 129 cm³/mol. The van der Waals surface area contributed by atoms with Crippen molar-refractivity contribution >= 4 is 39.0 Å². The maximum absolute atomic E-state index is 13.2. The second-order valence-corrected chi connectivity index (χ2v) is 10.9. The van der Waals surface area contributed by atoms with Crippen molar-refractivity contribution in [1.82, 2.24) is 14.3 Å². The average molecular weight is 545 g/mol. The molecule has 0 atom stereocenters. The Morgan fingerprint density at radius 3 is 2.29 bits per heavy atom. The van der Waals surface area contributed by atoms with Gasteiger partial charge in [-0.3, -0.25) is 0 Å². The highest BCUT2D eigenvalue weighted by molar-refractivity contribution is 7.89. The molecule has 6 nitrogen and oxygen atoms in total. The Balaban J connectivity index is 1.60. The van der Waals surface area contributed by atoms with E-state index in [0.717, 1.165) is 17.7 Å². The molecule has 1 aliphatic rings. The average Bonchev–Trinajstić information content (AvgIpc) is 2.82. The minimum absolute atomic E-state index is 0.0546. The number of anilines is 1. The number of piperazine rings is 1. The Kier molecular flexibility index (Phi) is 7.02. The zero-order valence-corrected chi connectivity index (χ0v) is 21.1. The predicted octanol–water partition coefficient (Wildman–Crippen LogP) is 5.60. The van der Waals surface area contributed by atoms with Gasteiger partial charge in [-0.25, -0.2) is 18.4 Å². The van der Waals surface area contributed by atoms with Crippen molar-refractivity contribution in [3.8, 4) is 11.4 Å². The Labute approximate surface area is 211 Å². The summed E-state index contributed by atoms with van der Waals surface area (Å²) in [5.41, 5.74) is 0.871. The van der Waals surface area contributed by atoms with Gasteiger partial charge >= 0.3 is 6.18 Å². The summed E-state index contributed by atoms with van der Waals surface area (Å²) in [6, 6.07) is 9.15. The fourth-order valence-corrected chi connectivity index (χ4v) is 6.00. The SMILES string of the molecule is Cc1nc(-c2cccc(C(F)(F)F)c2)nc(N2CCN(S(=O)(=O)c3cc(Cl)ccc3Cl)CC2)c1C. The van der Waals surface area contributed by atoms with Crippen molar-refractivity contribution in [1.29, 1.82) is 0 Å². The summed E-state index contributed by atoms with van der Waals surface area (Å²) < 4.78 is 67.1. The van der Waals surface area contributed by atoms with E-state index in [1.807, 2.05) is 11.8 Å². The van der Waals surface area contributed by atoms with Gasteiger partial charge in [0.1, 0.15) is 10.7 Å². The first-order valence-corrected chi connectivity index (χ1v) is 12.8. The van der Waals surface area contributed by atoms with Crippen LogP contribution >= 0.6 is 23.2 Å². The highest BCUT2D eigenvalue weighted by Gasteiger charge is 2.32. The Bertz CT molecular complexity index is 1380. The number of aromatic nitrogens is 2. The van der Waals surface area contributed by atoms with Crippen molar-refractivity contribution in [3.05, 3.63) is 69.3 Å². The number of sulfonamides is 1. The smallest absolute Gasteiger partial charge is 0.354 e. The van der Waals surface area contributed by atoms with Gasteiger partial charge in [-0.15, -0.1) is 0 Å². The second-order valence-electron chi connectivity index (χ2n) is 8.13. The lowest BCUT2D eigenvalue weighted by atomic mass is 10.1. The van der Waals surface area contributed by atoms with E-state index < -0.39 is 21.8 Å². The molecule has 2 aromatic carbocycles. The molecular formula is C23H21Cl2F3N4O2S. The number of halogens is 5. The maximum atomic E-state index is 13.2. The lowest BCUT2D eigenvalue weighted by Crippen LogP contribution is -2.49. The quantitative estimate of drug-likeness (QED) is 0.427. The van der Waals surface area contributed by atoms with E-state index in [-0.39, 0.29) is 39.4 Å². The number of hydrogen-bond acceptors (Lipinski definition) is 5. The molecular weight excluding hydrogens is 524 g/mol. The molecule has 1 fully saturated rings. The van der Waals surface area contributed by atoms with Crippen LogP contribution in [-0.4, -0.2) is 48.9 Å². The van der Waals surface area contributed by atoms with Crippen molar-refractivity contribution in [2.24, 2.45) is 0 Å². The Hall–Kier alpha value is -2.40. The fourth-order valence-electron chi connectivity index (χ4n) is 3.84. The Morgan fingerprint density at radius 2 is 1.63 bits per heavy atom. The van der Waals surface area contributed by atoms with Gasteiger partial charge in [0, 0.05) is 48.0 Å². The molecule has 0 radical (unpaired) electrons. The van der Waals surface area contributed by atoms with Crippen molar-refractivity contribution in [2.75, 3.05) is 31.1 Å². The molecule has 0 saturated carbocycles. The van der Waals surface area contributed by atoms with Crippen LogP contribution in [0.15, 0.2) is 47.4 Å². The van der Waals surface area contributed by atoms with Gasteiger partial charge in [0.05, 0.1) is 10.6 Å². The molecule has 3 aromatic rings. The van der Waals surface area contributed by atoms with Gasteiger partial charge in [0.2, 0.25) is 10.0 Å². The van der Waals surface area contributed by atoms with Gasteiger partial charge in [0.25, 0.3) is 0 Å². The first-order chi connectivity index (χ1) is 16.4. The van der Waals surface area contributed by atoms with Crippen molar-refractivity contribution in [2.45, 2.75) is 24.9 Å². The summed E-state index contributed by atoms with van der Waals surface area (Å²) in [5.74, 6) is 0.734. The fraction of sp³-hybridized carbons (Fsp3) is 0.304. The number of aryl methyl sites for hydroxylation is 1. The molecule has 2 heterocycles. The number of alkyl halides is 3. The van der Waals surface area contributed by atoms with E-state index in [1.54, 1.807) is 6.92 Å². The standard InChI is InChI=1S/C23H21Cl2F3N4O2S/c1-14-15(2)29-21(16-4-3-5-17(12-16)23(26,27)28)30-22(14)31-8-10-32(11-9-31)35(33,34)20-13-18(24)6-7-19(20)25/h3-7,12-13H,8-11H2,1-2H3. The van der Waals surface area contributed by atoms with Crippen LogP contribution in [0.25, 0.3) is 11.4 Å². The molecule has 1 saturated heterocycles. The third-order valence-electron chi connectivity index (χ3n) is 5.86. The molecule has 0 spiro atoms. The summed E-state index contributed by atoms with van der Waals surface area (Å²) in [4.78, 5) is 10.8. The lowest BCUT2D eigenvalue weighted by molar-refractivity contribution is -0.137. The van der Waals surface area contributed by atoms with Gasteiger partial charge in [-0.05, 0) is 44.2 Å². The third kappa shape index (κ3) is 5.25. The molecule has 35 heavy (non-hydrogen) atoms. The molecule has 0 unspecified atom stereocenters. The topological polar surface area (TPSA) is 66.4 Å². The number of nitrogens with zero attached hydrogens (tertiary/aromatic N) is 4. The third-order valence-corrected chi connectivity index (χ3v) is 8.48. The van der Waals surface area contributed by atoms with Crippen LogP contribution in [0.3, 0.4) is 0 Å². The zero-order chi connectivity index (χ0) is 25.5. The summed E-state index contributed by atoms with van der Waals surface area (Å²) >= 11 is 12.1. The molecule has 0 bridgehead atoms. The van der Waals surface area contributed by atoms with Crippen molar-refractivity contribution < 1.29 is 21.6 Å². The van der Waals surface area contributed by atoms with E-state index in [9.17, 15) is 21.6 Å². The highest BCUT2D eigenvalue weighted by atomic mass is 35.5. The molecule has 1 aromatic heterocycles.